The summed E-state index contributed by atoms with van der Waals surface area (Å²) in [5.41, 5.74) is 2.14. The second-order valence-electron chi connectivity index (χ2n) is 9.28. The van der Waals surface area contributed by atoms with E-state index in [0.717, 1.165) is 21.4 Å². The Balaban J connectivity index is 1.26. The molecular weight excluding hydrogens is 549 g/mol. The standard InChI is InChI=1S/C34H26FN3O3S/c35-26-18-16-23(17-19-26)20-31(38-33(40)25-9-2-1-3-10-25)34(41)36-27-12-7-13-28(21-27)42-22-32(39)37-30-15-6-11-24-8-4-5-14-29(24)30/h1-21H,22H2,(H,36,41)(H,37,39)(H,38,40)/b31-20+. The number of anilines is 2. The lowest BCUT2D eigenvalue weighted by Gasteiger charge is -2.12. The van der Waals surface area contributed by atoms with Gasteiger partial charge in [-0.15, -0.1) is 11.8 Å². The van der Waals surface area contributed by atoms with Gasteiger partial charge in [-0.1, -0.05) is 72.8 Å². The summed E-state index contributed by atoms with van der Waals surface area (Å²) in [5, 5.41) is 10.5. The van der Waals surface area contributed by atoms with E-state index in [4.69, 9.17) is 0 Å². The summed E-state index contributed by atoms with van der Waals surface area (Å²) in [4.78, 5) is 39.6. The number of halogens is 1. The van der Waals surface area contributed by atoms with Crippen LogP contribution in [0.3, 0.4) is 0 Å². The van der Waals surface area contributed by atoms with Gasteiger partial charge in [0, 0.05) is 27.2 Å². The third-order valence-corrected chi connectivity index (χ3v) is 7.23. The number of carbonyl (C=O) groups is 3. The summed E-state index contributed by atoms with van der Waals surface area (Å²) in [5.74, 6) is -1.41. The van der Waals surface area contributed by atoms with Gasteiger partial charge in [0.1, 0.15) is 11.5 Å². The zero-order chi connectivity index (χ0) is 29.3. The fraction of sp³-hybridized carbons (Fsp3) is 0.0294. The minimum Gasteiger partial charge on any atom is -0.325 e. The average molecular weight is 576 g/mol. The number of rotatable bonds is 9. The highest BCUT2D eigenvalue weighted by Crippen LogP contribution is 2.25. The van der Waals surface area contributed by atoms with Crippen molar-refractivity contribution in [1.29, 1.82) is 0 Å². The number of carbonyl (C=O) groups excluding carboxylic acids is 3. The van der Waals surface area contributed by atoms with E-state index in [1.54, 1.807) is 48.5 Å². The zero-order valence-corrected chi connectivity index (χ0v) is 23.2. The van der Waals surface area contributed by atoms with Gasteiger partial charge in [-0.2, -0.15) is 0 Å². The lowest BCUT2D eigenvalue weighted by atomic mass is 10.1. The van der Waals surface area contributed by atoms with Crippen LogP contribution in [-0.2, 0) is 9.59 Å². The number of fused-ring (bicyclic) bond motifs is 1. The normalized spacial score (nSPS) is 11.1. The highest BCUT2D eigenvalue weighted by Gasteiger charge is 2.16. The summed E-state index contributed by atoms with van der Waals surface area (Å²) >= 11 is 1.33. The Labute approximate surface area is 246 Å². The number of thioether (sulfide) groups is 1. The van der Waals surface area contributed by atoms with Gasteiger partial charge in [-0.05, 0) is 65.6 Å². The van der Waals surface area contributed by atoms with E-state index in [1.165, 1.54) is 42.1 Å². The molecule has 3 amide bonds. The molecule has 0 fully saturated rings. The van der Waals surface area contributed by atoms with Crippen LogP contribution in [0.1, 0.15) is 15.9 Å². The molecule has 0 heterocycles. The highest BCUT2D eigenvalue weighted by atomic mass is 32.2. The van der Waals surface area contributed by atoms with E-state index in [1.807, 2.05) is 48.5 Å². The first-order valence-electron chi connectivity index (χ1n) is 13.1. The molecule has 0 saturated heterocycles. The van der Waals surface area contributed by atoms with E-state index < -0.39 is 17.6 Å². The molecule has 0 bridgehead atoms. The van der Waals surface area contributed by atoms with Crippen LogP contribution in [0.2, 0.25) is 0 Å². The van der Waals surface area contributed by atoms with Gasteiger partial charge in [0.2, 0.25) is 5.91 Å². The number of hydrogen-bond acceptors (Lipinski definition) is 4. The third-order valence-electron chi connectivity index (χ3n) is 6.24. The fourth-order valence-electron chi connectivity index (χ4n) is 4.20. The molecule has 0 radical (unpaired) electrons. The van der Waals surface area contributed by atoms with Crippen molar-refractivity contribution in [3.63, 3.8) is 0 Å². The van der Waals surface area contributed by atoms with Crippen molar-refractivity contribution >= 4 is 57.7 Å². The predicted octanol–water partition coefficient (Wildman–Crippen LogP) is 7.12. The molecule has 0 aromatic heterocycles. The maximum atomic E-state index is 13.4. The molecule has 0 aliphatic heterocycles. The van der Waals surface area contributed by atoms with E-state index >= 15 is 0 Å². The van der Waals surface area contributed by atoms with Gasteiger partial charge < -0.3 is 16.0 Å². The summed E-state index contributed by atoms with van der Waals surface area (Å²) in [6, 6.07) is 34.8. The van der Waals surface area contributed by atoms with Crippen LogP contribution in [0.15, 0.2) is 132 Å². The highest BCUT2D eigenvalue weighted by molar-refractivity contribution is 8.00. The van der Waals surface area contributed by atoms with E-state index in [0.29, 0.717) is 16.8 Å². The second kappa shape index (κ2) is 13.4. The lowest BCUT2D eigenvalue weighted by molar-refractivity contribution is -0.114. The maximum Gasteiger partial charge on any atom is 0.272 e. The third kappa shape index (κ3) is 7.50. The van der Waals surface area contributed by atoms with Gasteiger partial charge in [0.25, 0.3) is 11.8 Å². The molecule has 0 aliphatic rings. The zero-order valence-electron chi connectivity index (χ0n) is 22.3. The molecule has 0 unspecified atom stereocenters. The summed E-state index contributed by atoms with van der Waals surface area (Å²) < 4.78 is 13.4. The molecule has 5 aromatic rings. The van der Waals surface area contributed by atoms with Crippen LogP contribution >= 0.6 is 11.8 Å². The number of amides is 3. The average Bonchev–Trinajstić information content (AvgIpc) is 3.01. The van der Waals surface area contributed by atoms with Crippen LogP contribution in [0.5, 0.6) is 0 Å². The summed E-state index contributed by atoms with van der Waals surface area (Å²) in [7, 11) is 0. The van der Waals surface area contributed by atoms with Gasteiger partial charge in [-0.25, -0.2) is 4.39 Å². The minimum absolute atomic E-state index is 0.0111. The van der Waals surface area contributed by atoms with Crippen LogP contribution in [0, 0.1) is 5.82 Å². The summed E-state index contributed by atoms with van der Waals surface area (Å²) in [6.07, 6.45) is 1.48. The van der Waals surface area contributed by atoms with Gasteiger partial charge >= 0.3 is 0 Å². The molecule has 0 atom stereocenters. The van der Waals surface area contributed by atoms with Crippen molar-refractivity contribution in [3.8, 4) is 0 Å². The number of hydrogen-bond donors (Lipinski definition) is 3. The first-order valence-corrected chi connectivity index (χ1v) is 14.1. The lowest BCUT2D eigenvalue weighted by Crippen LogP contribution is -2.30. The molecule has 5 rings (SSSR count). The Bertz CT molecular complexity index is 1770. The Kier molecular flexibility index (Phi) is 9.06. The quantitative estimate of drug-likeness (QED) is 0.129. The minimum atomic E-state index is -0.556. The summed E-state index contributed by atoms with van der Waals surface area (Å²) in [6.45, 7) is 0. The fourth-order valence-corrected chi connectivity index (χ4v) is 4.95. The number of nitrogens with one attached hydrogen (secondary N) is 3. The Morgan fingerprint density at radius 3 is 2.26 bits per heavy atom. The van der Waals surface area contributed by atoms with Crippen molar-refractivity contribution in [3.05, 3.63) is 144 Å². The Morgan fingerprint density at radius 1 is 0.738 bits per heavy atom. The van der Waals surface area contributed by atoms with Crippen molar-refractivity contribution in [2.75, 3.05) is 16.4 Å². The van der Waals surface area contributed by atoms with Crippen molar-refractivity contribution < 1.29 is 18.8 Å². The van der Waals surface area contributed by atoms with Crippen LogP contribution in [0.4, 0.5) is 15.8 Å². The molecule has 0 aliphatic carbocycles. The molecular formula is C34H26FN3O3S. The molecule has 8 heteroatoms. The SMILES string of the molecule is O=C(CSc1cccc(NC(=O)/C(=C\c2ccc(F)cc2)NC(=O)c2ccccc2)c1)Nc1cccc2ccccc12. The van der Waals surface area contributed by atoms with Crippen molar-refractivity contribution in [2.24, 2.45) is 0 Å². The van der Waals surface area contributed by atoms with Crippen LogP contribution in [-0.4, -0.2) is 23.5 Å². The molecule has 6 nitrogen and oxygen atoms in total. The van der Waals surface area contributed by atoms with Crippen molar-refractivity contribution in [2.45, 2.75) is 4.90 Å². The van der Waals surface area contributed by atoms with Gasteiger partial charge in [-0.3, -0.25) is 14.4 Å². The molecule has 208 valence electrons. The number of benzene rings is 5. The van der Waals surface area contributed by atoms with Gasteiger partial charge in [0.05, 0.1) is 5.75 Å². The monoisotopic (exact) mass is 575 g/mol. The first-order chi connectivity index (χ1) is 20.4. The van der Waals surface area contributed by atoms with E-state index in [9.17, 15) is 18.8 Å². The Hall–Kier alpha value is -5.21. The maximum absolute atomic E-state index is 13.4. The second-order valence-corrected chi connectivity index (χ2v) is 10.3. The predicted molar refractivity (Wildman–Crippen MR) is 167 cm³/mol. The molecule has 5 aromatic carbocycles. The molecule has 3 N–H and O–H groups in total. The van der Waals surface area contributed by atoms with Crippen LogP contribution in [0.25, 0.3) is 16.8 Å². The van der Waals surface area contributed by atoms with Gasteiger partial charge in [0.15, 0.2) is 0 Å². The molecule has 0 saturated carbocycles. The first kappa shape index (κ1) is 28.3. The smallest absolute Gasteiger partial charge is 0.272 e. The van der Waals surface area contributed by atoms with Crippen LogP contribution < -0.4 is 16.0 Å². The molecule has 0 spiro atoms. The van der Waals surface area contributed by atoms with Crippen molar-refractivity contribution in [1.82, 2.24) is 5.32 Å². The van der Waals surface area contributed by atoms with E-state index in [2.05, 4.69) is 16.0 Å². The topological polar surface area (TPSA) is 87.3 Å². The Morgan fingerprint density at radius 2 is 1.45 bits per heavy atom. The van der Waals surface area contributed by atoms with E-state index in [-0.39, 0.29) is 17.4 Å². The largest absolute Gasteiger partial charge is 0.325 e. The molecule has 42 heavy (non-hydrogen) atoms.